The summed E-state index contributed by atoms with van der Waals surface area (Å²) in [5, 5.41) is 0. The summed E-state index contributed by atoms with van der Waals surface area (Å²) in [6.45, 7) is 8.16. The van der Waals surface area contributed by atoms with E-state index in [-0.39, 0.29) is 0 Å². The molecule has 0 spiro atoms. The Morgan fingerprint density at radius 1 is 1.00 bits per heavy atom. The first-order valence-corrected chi connectivity index (χ1v) is 4.10. The molecule has 12 heavy (non-hydrogen) atoms. The highest BCUT2D eigenvalue weighted by molar-refractivity contribution is 5.24. The van der Waals surface area contributed by atoms with Gasteiger partial charge in [0.2, 0.25) is 0 Å². The first-order valence-electron chi connectivity index (χ1n) is 4.10. The van der Waals surface area contributed by atoms with Gasteiger partial charge in [-0.15, -0.1) is 0 Å². The van der Waals surface area contributed by atoms with E-state index < -0.39 is 0 Å². The van der Waals surface area contributed by atoms with Gasteiger partial charge in [-0.1, -0.05) is 17.7 Å². The van der Waals surface area contributed by atoms with Gasteiger partial charge in [0.05, 0.1) is 12.9 Å². The average Bonchev–Trinajstić information content (AvgIpc) is 2.00. The summed E-state index contributed by atoms with van der Waals surface area (Å²) < 4.78 is 5.03. The van der Waals surface area contributed by atoms with Crippen LogP contribution in [0.1, 0.15) is 27.7 Å². The van der Waals surface area contributed by atoms with Crippen molar-refractivity contribution in [3.05, 3.63) is 35.1 Å². The van der Waals surface area contributed by atoms with E-state index in [0.717, 1.165) is 5.76 Å². The quantitative estimate of drug-likeness (QED) is 0.461. The van der Waals surface area contributed by atoms with Crippen LogP contribution in [-0.4, -0.2) is 7.11 Å². The molecule has 1 heteroatoms. The molecule has 0 saturated heterocycles. The molecule has 0 aliphatic carbocycles. The molecule has 0 aliphatic rings. The molecule has 0 aromatic carbocycles. The van der Waals surface area contributed by atoms with Crippen LogP contribution in [0.3, 0.4) is 0 Å². The summed E-state index contributed by atoms with van der Waals surface area (Å²) in [5.41, 5.74) is 2.51. The maximum absolute atomic E-state index is 5.03. The Kier molecular flexibility index (Phi) is 5.18. The van der Waals surface area contributed by atoms with Gasteiger partial charge in [-0.25, -0.2) is 0 Å². The van der Waals surface area contributed by atoms with Crippen molar-refractivity contribution in [1.29, 1.82) is 0 Å². The lowest BCUT2D eigenvalue weighted by atomic mass is 10.2. The standard InChI is InChI=1S/C11H18O/c1-9(2)6-7-10(3)8-11(4)12-5/h6-8H,1-5H3/b10-7+,11-8+. The minimum atomic E-state index is 0.936. The van der Waals surface area contributed by atoms with Gasteiger partial charge in [-0.3, -0.25) is 0 Å². The van der Waals surface area contributed by atoms with Gasteiger partial charge in [-0.05, 0) is 39.3 Å². The molecule has 68 valence electrons. The molecule has 0 unspecified atom stereocenters. The second kappa shape index (κ2) is 5.64. The van der Waals surface area contributed by atoms with Crippen molar-refractivity contribution in [3.8, 4) is 0 Å². The Labute approximate surface area is 75.4 Å². The summed E-state index contributed by atoms with van der Waals surface area (Å²) in [4.78, 5) is 0. The van der Waals surface area contributed by atoms with Crippen molar-refractivity contribution >= 4 is 0 Å². The fourth-order valence-corrected chi connectivity index (χ4v) is 0.726. The van der Waals surface area contributed by atoms with Gasteiger partial charge in [0.25, 0.3) is 0 Å². The number of hydrogen-bond acceptors (Lipinski definition) is 1. The van der Waals surface area contributed by atoms with E-state index >= 15 is 0 Å². The molecule has 0 bridgehead atoms. The highest BCUT2D eigenvalue weighted by atomic mass is 16.5. The minimum absolute atomic E-state index is 0.936. The van der Waals surface area contributed by atoms with Gasteiger partial charge in [0, 0.05) is 0 Å². The molecule has 0 atom stereocenters. The molecular weight excluding hydrogens is 148 g/mol. The fraction of sp³-hybridized carbons (Fsp3) is 0.455. The third kappa shape index (κ3) is 5.78. The molecule has 1 nitrogen and oxygen atoms in total. The normalized spacial score (nSPS) is 12.8. The van der Waals surface area contributed by atoms with Gasteiger partial charge in [-0.2, -0.15) is 0 Å². The van der Waals surface area contributed by atoms with E-state index in [0.29, 0.717) is 0 Å². The summed E-state index contributed by atoms with van der Waals surface area (Å²) in [5.74, 6) is 0.936. The second-order valence-corrected chi connectivity index (χ2v) is 3.11. The van der Waals surface area contributed by atoms with Gasteiger partial charge in [0.1, 0.15) is 0 Å². The van der Waals surface area contributed by atoms with Crippen LogP contribution in [0.15, 0.2) is 35.1 Å². The van der Waals surface area contributed by atoms with E-state index in [1.165, 1.54) is 11.1 Å². The van der Waals surface area contributed by atoms with Crippen LogP contribution < -0.4 is 0 Å². The number of methoxy groups -OCH3 is 1. The summed E-state index contributed by atoms with van der Waals surface area (Å²) >= 11 is 0. The zero-order valence-electron chi connectivity index (χ0n) is 8.64. The topological polar surface area (TPSA) is 9.23 Å². The molecule has 0 aliphatic heterocycles. The Morgan fingerprint density at radius 2 is 1.58 bits per heavy atom. The van der Waals surface area contributed by atoms with Crippen LogP contribution in [0, 0.1) is 0 Å². The van der Waals surface area contributed by atoms with E-state index in [1.807, 2.05) is 13.0 Å². The van der Waals surface area contributed by atoms with Crippen LogP contribution in [0.2, 0.25) is 0 Å². The number of hydrogen-bond donors (Lipinski definition) is 0. The first kappa shape index (κ1) is 11.0. The van der Waals surface area contributed by atoms with Gasteiger partial charge >= 0.3 is 0 Å². The lowest BCUT2D eigenvalue weighted by Crippen LogP contribution is -1.79. The molecule has 0 heterocycles. The lowest BCUT2D eigenvalue weighted by Gasteiger charge is -1.97. The number of allylic oxidation sites excluding steroid dienone is 6. The first-order chi connectivity index (χ1) is 5.56. The zero-order chi connectivity index (χ0) is 9.56. The van der Waals surface area contributed by atoms with Crippen molar-refractivity contribution in [3.63, 3.8) is 0 Å². The number of ether oxygens (including phenoxy) is 1. The van der Waals surface area contributed by atoms with Crippen LogP contribution in [0.5, 0.6) is 0 Å². The Bertz CT molecular complexity index is 215. The Morgan fingerprint density at radius 3 is 2.00 bits per heavy atom. The molecular formula is C11H18O. The molecule has 0 amide bonds. The molecule has 0 radical (unpaired) electrons. The van der Waals surface area contributed by atoms with Crippen molar-refractivity contribution in [2.75, 3.05) is 7.11 Å². The van der Waals surface area contributed by atoms with E-state index in [4.69, 9.17) is 4.74 Å². The molecule has 0 saturated carbocycles. The van der Waals surface area contributed by atoms with Crippen LogP contribution in [0.25, 0.3) is 0 Å². The monoisotopic (exact) mass is 166 g/mol. The van der Waals surface area contributed by atoms with Crippen molar-refractivity contribution in [1.82, 2.24) is 0 Å². The molecule has 0 fully saturated rings. The fourth-order valence-electron chi connectivity index (χ4n) is 0.726. The third-order valence-electron chi connectivity index (χ3n) is 1.43. The Hall–Kier alpha value is -0.980. The van der Waals surface area contributed by atoms with Gasteiger partial charge < -0.3 is 4.74 Å². The predicted octanol–water partition coefficient (Wildman–Crippen LogP) is 3.45. The second-order valence-electron chi connectivity index (χ2n) is 3.11. The summed E-state index contributed by atoms with van der Waals surface area (Å²) in [6, 6.07) is 0. The SMILES string of the molecule is CO/C(C)=C/C(C)=C/C=C(C)C. The van der Waals surface area contributed by atoms with Crippen LogP contribution >= 0.6 is 0 Å². The molecule has 0 aromatic rings. The van der Waals surface area contributed by atoms with Crippen molar-refractivity contribution in [2.24, 2.45) is 0 Å². The van der Waals surface area contributed by atoms with E-state index in [1.54, 1.807) is 7.11 Å². The van der Waals surface area contributed by atoms with Crippen molar-refractivity contribution in [2.45, 2.75) is 27.7 Å². The zero-order valence-corrected chi connectivity index (χ0v) is 8.64. The van der Waals surface area contributed by atoms with Crippen molar-refractivity contribution < 1.29 is 4.74 Å². The van der Waals surface area contributed by atoms with Crippen LogP contribution in [0.4, 0.5) is 0 Å². The maximum atomic E-state index is 5.03. The highest BCUT2D eigenvalue weighted by Crippen LogP contribution is 2.03. The lowest BCUT2D eigenvalue weighted by molar-refractivity contribution is 0.293. The van der Waals surface area contributed by atoms with E-state index in [2.05, 4.69) is 32.9 Å². The Balaban J connectivity index is 4.30. The highest BCUT2D eigenvalue weighted by Gasteiger charge is 1.85. The molecule has 0 rings (SSSR count). The molecule has 0 N–H and O–H groups in total. The summed E-state index contributed by atoms with van der Waals surface area (Å²) in [6.07, 6.45) is 6.19. The van der Waals surface area contributed by atoms with Crippen LogP contribution in [-0.2, 0) is 4.74 Å². The minimum Gasteiger partial charge on any atom is -0.501 e. The van der Waals surface area contributed by atoms with Gasteiger partial charge in [0.15, 0.2) is 0 Å². The predicted molar refractivity (Wildman–Crippen MR) is 54.0 cm³/mol. The summed E-state index contributed by atoms with van der Waals surface area (Å²) in [7, 11) is 1.68. The largest absolute Gasteiger partial charge is 0.501 e. The molecule has 0 aromatic heterocycles. The number of rotatable bonds is 3. The third-order valence-corrected chi connectivity index (χ3v) is 1.43. The van der Waals surface area contributed by atoms with E-state index in [9.17, 15) is 0 Å². The maximum Gasteiger partial charge on any atom is 0.0927 e. The smallest absolute Gasteiger partial charge is 0.0927 e. The average molecular weight is 166 g/mol.